The van der Waals surface area contributed by atoms with Crippen LogP contribution in [0.3, 0.4) is 0 Å². The van der Waals surface area contributed by atoms with Crippen molar-refractivity contribution in [3.05, 3.63) is 69.6 Å². The van der Waals surface area contributed by atoms with Crippen molar-refractivity contribution in [2.45, 2.75) is 45.6 Å². The highest BCUT2D eigenvalue weighted by molar-refractivity contribution is 5.94. The lowest BCUT2D eigenvalue weighted by Gasteiger charge is -2.29. The molecule has 4 nitrogen and oxygen atoms in total. The van der Waals surface area contributed by atoms with Crippen molar-refractivity contribution < 1.29 is 4.79 Å². The molecule has 1 aromatic carbocycles. The second kappa shape index (κ2) is 6.82. The Kier molecular flexibility index (Phi) is 5.04. The van der Waals surface area contributed by atoms with Crippen LogP contribution < -0.4 is 10.9 Å². The monoisotopic (exact) mass is 312 g/mol. The molecule has 23 heavy (non-hydrogen) atoms. The molecule has 0 aliphatic heterocycles. The summed E-state index contributed by atoms with van der Waals surface area (Å²) in [4.78, 5) is 26.4. The van der Waals surface area contributed by atoms with Gasteiger partial charge in [0.05, 0.1) is 0 Å². The zero-order chi connectivity index (χ0) is 17.0. The van der Waals surface area contributed by atoms with Gasteiger partial charge in [0, 0.05) is 23.4 Å². The average Bonchev–Trinajstić information content (AvgIpc) is 2.46. The van der Waals surface area contributed by atoms with Gasteiger partial charge >= 0.3 is 0 Å². The van der Waals surface area contributed by atoms with Crippen LogP contribution in [0.4, 0.5) is 0 Å². The Bertz CT molecular complexity index is 733. The van der Waals surface area contributed by atoms with Gasteiger partial charge in [-0.15, -0.1) is 0 Å². The molecule has 0 fully saturated rings. The Morgan fingerprint density at radius 1 is 1.22 bits per heavy atom. The molecule has 1 unspecified atom stereocenters. The number of aromatic nitrogens is 1. The van der Waals surface area contributed by atoms with E-state index in [-0.39, 0.29) is 22.9 Å². The highest BCUT2D eigenvalue weighted by Crippen LogP contribution is 2.28. The number of hydrogen-bond acceptors (Lipinski definition) is 2. The topological polar surface area (TPSA) is 62.0 Å². The lowest BCUT2D eigenvalue weighted by molar-refractivity contribution is 0.0934. The fourth-order valence-electron chi connectivity index (χ4n) is 2.94. The van der Waals surface area contributed by atoms with Gasteiger partial charge in [0.2, 0.25) is 5.56 Å². The minimum absolute atomic E-state index is 0.00250. The van der Waals surface area contributed by atoms with Crippen molar-refractivity contribution in [1.82, 2.24) is 10.3 Å². The molecule has 1 heterocycles. The normalized spacial score (nSPS) is 12.7. The number of aromatic amines is 1. The maximum atomic E-state index is 12.3. The summed E-state index contributed by atoms with van der Waals surface area (Å²) in [6, 6.07) is 13.3. The molecule has 0 aliphatic carbocycles. The van der Waals surface area contributed by atoms with Crippen molar-refractivity contribution in [3.63, 3.8) is 0 Å². The molecule has 2 rings (SSSR count). The van der Waals surface area contributed by atoms with Gasteiger partial charge in [0.1, 0.15) is 0 Å². The number of rotatable bonds is 5. The number of aryl methyl sites for hydroxylation is 1. The highest BCUT2D eigenvalue weighted by atomic mass is 16.2. The van der Waals surface area contributed by atoms with Crippen LogP contribution in [0.5, 0.6) is 0 Å². The van der Waals surface area contributed by atoms with E-state index >= 15 is 0 Å². The van der Waals surface area contributed by atoms with Crippen molar-refractivity contribution >= 4 is 5.91 Å². The SMILES string of the molecule is Cc1cc(C(=O)NC(C)CC(C)(C)c2ccccc2)cc(=O)[nH]1. The third kappa shape index (κ3) is 4.55. The molecule has 0 spiro atoms. The summed E-state index contributed by atoms with van der Waals surface area (Å²) in [5, 5.41) is 2.98. The third-order valence-corrected chi connectivity index (χ3v) is 3.99. The summed E-state index contributed by atoms with van der Waals surface area (Å²) in [7, 11) is 0. The number of amides is 1. The number of carbonyl (C=O) groups is 1. The quantitative estimate of drug-likeness (QED) is 0.891. The van der Waals surface area contributed by atoms with E-state index in [0.717, 1.165) is 6.42 Å². The molecule has 1 atom stereocenters. The molecule has 2 aromatic rings. The molecular formula is C19H24N2O2. The summed E-state index contributed by atoms with van der Waals surface area (Å²) >= 11 is 0. The molecule has 0 aliphatic rings. The van der Waals surface area contributed by atoms with E-state index in [9.17, 15) is 9.59 Å². The molecule has 0 bridgehead atoms. The van der Waals surface area contributed by atoms with Gasteiger partial charge in [-0.1, -0.05) is 44.2 Å². The van der Waals surface area contributed by atoms with E-state index in [0.29, 0.717) is 11.3 Å². The Morgan fingerprint density at radius 2 is 1.87 bits per heavy atom. The smallest absolute Gasteiger partial charge is 0.251 e. The number of H-pyrrole nitrogens is 1. The van der Waals surface area contributed by atoms with Crippen molar-refractivity contribution in [3.8, 4) is 0 Å². The first-order chi connectivity index (χ1) is 10.8. The van der Waals surface area contributed by atoms with Crippen molar-refractivity contribution in [1.29, 1.82) is 0 Å². The van der Waals surface area contributed by atoms with Gasteiger partial charge in [0.15, 0.2) is 0 Å². The lowest BCUT2D eigenvalue weighted by Crippen LogP contribution is -2.37. The van der Waals surface area contributed by atoms with Gasteiger partial charge in [0.25, 0.3) is 5.91 Å². The molecule has 0 saturated heterocycles. The first-order valence-corrected chi connectivity index (χ1v) is 7.85. The van der Waals surface area contributed by atoms with Crippen molar-refractivity contribution in [2.75, 3.05) is 0 Å². The first kappa shape index (κ1) is 17.0. The van der Waals surface area contributed by atoms with Gasteiger partial charge in [-0.2, -0.15) is 0 Å². The second-order valence-corrected chi connectivity index (χ2v) is 6.74. The van der Waals surface area contributed by atoms with E-state index in [2.05, 4.69) is 36.3 Å². The maximum absolute atomic E-state index is 12.3. The van der Waals surface area contributed by atoms with Crippen LogP contribution in [0, 0.1) is 6.92 Å². The van der Waals surface area contributed by atoms with E-state index in [4.69, 9.17) is 0 Å². The van der Waals surface area contributed by atoms with Gasteiger partial charge in [-0.3, -0.25) is 9.59 Å². The molecule has 1 amide bonds. The Balaban J connectivity index is 2.05. The largest absolute Gasteiger partial charge is 0.350 e. The molecular weight excluding hydrogens is 288 g/mol. The van der Waals surface area contributed by atoms with Crippen LogP contribution in [0.2, 0.25) is 0 Å². The second-order valence-electron chi connectivity index (χ2n) is 6.74. The van der Waals surface area contributed by atoms with Crippen LogP contribution in [-0.2, 0) is 5.41 Å². The van der Waals surface area contributed by atoms with Crippen LogP contribution in [0.1, 0.15) is 48.8 Å². The summed E-state index contributed by atoms with van der Waals surface area (Å²) in [6.45, 7) is 8.09. The predicted octanol–water partition coefficient (Wildman–Crippen LogP) is 3.17. The minimum Gasteiger partial charge on any atom is -0.350 e. The molecule has 2 N–H and O–H groups in total. The van der Waals surface area contributed by atoms with Crippen LogP contribution >= 0.6 is 0 Å². The lowest BCUT2D eigenvalue weighted by atomic mass is 9.79. The number of hydrogen-bond donors (Lipinski definition) is 2. The van der Waals surface area contributed by atoms with E-state index in [1.807, 2.05) is 25.1 Å². The van der Waals surface area contributed by atoms with Gasteiger partial charge < -0.3 is 10.3 Å². The van der Waals surface area contributed by atoms with Crippen LogP contribution in [0.25, 0.3) is 0 Å². The Labute approximate surface area is 137 Å². The third-order valence-electron chi connectivity index (χ3n) is 3.99. The molecule has 0 saturated carbocycles. The summed E-state index contributed by atoms with van der Waals surface area (Å²) in [6.07, 6.45) is 0.810. The fourth-order valence-corrected chi connectivity index (χ4v) is 2.94. The number of nitrogens with one attached hydrogen (secondary N) is 2. The molecule has 1 aromatic heterocycles. The number of pyridine rings is 1. The van der Waals surface area contributed by atoms with Gasteiger partial charge in [-0.25, -0.2) is 0 Å². The molecule has 4 heteroatoms. The summed E-state index contributed by atoms with van der Waals surface area (Å²) in [5.41, 5.74) is 2.02. The highest BCUT2D eigenvalue weighted by Gasteiger charge is 2.24. The number of benzene rings is 1. The first-order valence-electron chi connectivity index (χ1n) is 7.85. The summed E-state index contributed by atoms with van der Waals surface area (Å²) in [5.74, 6) is -0.212. The molecule has 122 valence electrons. The summed E-state index contributed by atoms with van der Waals surface area (Å²) < 4.78 is 0. The zero-order valence-corrected chi connectivity index (χ0v) is 14.1. The van der Waals surface area contributed by atoms with E-state index < -0.39 is 0 Å². The standard InChI is InChI=1S/C19H24N2O2/c1-13-10-15(11-17(22)20-13)18(23)21-14(2)12-19(3,4)16-8-6-5-7-9-16/h5-11,14H,12H2,1-4H3,(H,20,22)(H,21,23). The zero-order valence-electron chi connectivity index (χ0n) is 14.1. The minimum atomic E-state index is -0.257. The Hall–Kier alpha value is -2.36. The van der Waals surface area contributed by atoms with E-state index in [1.165, 1.54) is 11.6 Å². The van der Waals surface area contributed by atoms with Crippen molar-refractivity contribution in [2.24, 2.45) is 0 Å². The Morgan fingerprint density at radius 3 is 2.48 bits per heavy atom. The van der Waals surface area contributed by atoms with Gasteiger partial charge in [-0.05, 0) is 37.3 Å². The average molecular weight is 312 g/mol. The maximum Gasteiger partial charge on any atom is 0.251 e. The number of carbonyl (C=O) groups excluding carboxylic acids is 1. The van der Waals surface area contributed by atoms with E-state index in [1.54, 1.807) is 13.0 Å². The van der Waals surface area contributed by atoms with Crippen LogP contribution in [0.15, 0.2) is 47.3 Å². The molecule has 0 radical (unpaired) electrons. The fraction of sp³-hybridized carbons (Fsp3) is 0.368. The van der Waals surface area contributed by atoms with Crippen LogP contribution in [-0.4, -0.2) is 16.9 Å². The predicted molar refractivity (Wildman–Crippen MR) is 92.8 cm³/mol.